The van der Waals surface area contributed by atoms with Gasteiger partial charge in [-0.3, -0.25) is 4.79 Å². The monoisotopic (exact) mass is 280 g/mol. The molecule has 1 N–H and O–H groups in total. The van der Waals surface area contributed by atoms with Crippen molar-refractivity contribution in [3.8, 4) is 0 Å². The maximum atomic E-state index is 11.9. The first kappa shape index (κ1) is 12.2. The van der Waals surface area contributed by atoms with Gasteiger partial charge in [-0.15, -0.1) is 4.40 Å². The number of fused-ring (bicyclic) bond motifs is 1. The van der Waals surface area contributed by atoms with Crippen molar-refractivity contribution in [1.29, 1.82) is 0 Å². The van der Waals surface area contributed by atoms with Crippen LogP contribution in [0.5, 0.6) is 0 Å². The van der Waals surface area contributed by atoms with E-state index in [1.54, 1.807) is 23.1 Å². The summed E-state index contributed by atoms with van der Waals surface area (Å²) < 4.78 is 27.6. The molecule has 0 amide bonds. The Bertz CT molecular complexity index is 681. The number of hydrogen-bond acceptors (Lipinski definition) is 4. The Labute approximate surface area is 110 Å². The number of carboxylic acid groups (broad SMARTS) is 1. The van der Waals surface area contributed by atoms with Crippen molar-refractivity contribution >= 4 is 21.8 Å². The maximum absolute atomic E-state index is 11.9. The molecule has 0 aromatic heterocycles. The lowest BCUT2D eigenvalue weighted by molar-refractivity contribution is -0.141. The fourth-order valence-corrected chi connectivity index (χ4v) is 3.70. The van der Waals surface area contributed by atoms with Crippen molar-refractivity contribution in [2.75, 3.05) is 13.1 Å². The molecule has 1 unspecified atom stereocenters. The van der Waals surface area contributed by atoms with Crippen molar-refractivity contribution in [3.05, 3.63) is 29.8 Å². The van der Waals surface area contributed by atoms with E-state index in [2.05, 4.69) is 4.40 Å². The average Bonchev–Trinajstić information content (AvgIpc) is 2.94. The number of rotatable bonds is 1. The Balaban J connectivity index is 1.98. The Hall–Kier alpha value is -1.89. The van der Waals surface area contributed by atoms with Gasteiger partial charge in [0.1, 0.15) is 4.90 Å². The average molecular weight is 280 g/mol. The molecule has 2 aliphatic rings. The van der Waals surface area contributed by atoms with Gasteiger partial charge in [-0.1, -0.05) is 12.1 Å². The predicted octanol–water partition coefficient (Wildman–Crippen LogP) is 0.542. The standard InChI is InChI=1S/C12H12N2O4S/c15-12(16)8-5-6-14(7-8)11-9-3-1-2-4-10(9)19(17,18)13-11/h1-4,8H,5-7H2,(H,15,16). The fraction of sp³-hybridized carbons (Fsp3) is 0.333. The van der Waals surface area contributed by atoms with Gasteiger partial charge in [0.15, 0.2) is 5.84 Å². The van der Waals surface area contributed by atoms with Crippen LogP contribution in [0.1, 0.15) is 12.0 Å². The van der Waals surface area contributed by atoms with E-state index in [1.807, 2.05) is 0 Å². The third-order valence-corrected chi connectivity index (χ3v) is 4.77. The van der Waals surface area contributed by atoms with Crippen LogP contribution in [0.3, 0.4) is 0 Å². The highest BCUT2D eigenvalue weighted by Crippen LogP contribution is 2.29. The van der Waals surface area contributed by atoms with E-state index >= 15 is 0 Å². The molecule has 2 aliphatic heterocycles. The van der Waals surface area contributed by atoms with Crippen LogP contribution in [-0.4, -0.2) is 43.3 Å². The number of benzene rings is 1. The first-order valence-corrected chi connectivity index (χ1v) is 7.35. The SMILES string of the molecule is O=C(O)C1CCN(C2=NS(=O)(=O)c3ccccc32)C1. The van der Waals surface area contributed by atoms with Gasteiger partial charge in [0.25, 0.3) is 10.0 Å². The van der Waals surface area contributed by atoms with Gasteiger partial charge in [0, 0.05) is 18.7 Å². The summed E-state index contributed by atoms with van der Waals surface area (Å²) in [6, 6.07) is 6.62. The van der Waals surface area contributed by atoms with Gasteiger partial charge in [0.2, 0.25) is 0 Å². The molecule has 6 nitrogen and oxygen atoms in total. The Morgan fingerprint density at radius 1 is 1.37 bits per heavy atom. The van der Waals surface area contributed by atoms with Crippen LogP contribution in [-0.2, 0) is 14.8 Å². The number of likely N-dealkylation sites (tertiary alicyclic amines) is 1. The van der Waals surface area contributed by atoms with E-state index in [1.165, 1.54) is 6.07 Å². The smallest absolute Gasteiger partial charge is 0.308 e. The zero-order valence-electron chi connectivity index (χ0n) is 9.98. The predicted molar refractivity (Wildman–Crippen MR) is 67.5 cm³/mol. The molecule has 0 saturated carbocycles. The van der Waals surface area contributed by atoms with Crippen LogP contribution in [0.4, 0.5) is 0 Å². The molecule has 0 spiro atoms. The quantitative estimate of drug-likeness (QED) is 0.811. The number of nitrogens with zero attached hydrogens (tertiary/aromatic N) is 2. The molecule has 7 heteroatoms. The fourth-order valence-electron chi connectivity index (χ4n) is 2.47. The Kier molecular flexibility index (Phi) is 2.60. The summed E-state index contributed by atoms with van der Waals surface area (Å²) in [5.74, 6) is -0.935. The Morgan fingerprint density at radius 2 is 2.11 bits per heavy atom. The first-order valence-electron chi connectivity index (χ1n) is 5.91. The minimum absolute atomic E-state index is 0.198. The third kappa shape index (κ3) is 1.90. The highest BCUT2D eigenvalue weighted by molar-refractivity contribution is 7.90. The van der Waals surface area contributed by atoms with E-state index in [-0.39, 0.29) is 4.90 Å². The molecule has 3 rings (SSSR count). The first-order chi connectivity index (χ1) is 8.99. The number of carbonyl (C=O) groups is 1. The van der Waals surface area contributed by atoms with Gasteiger partial charge in [0.05, 0.1) is 5.92 Å². The van der Waals surface area contributed by atoms with E-state index < -0.39 is 21.9 Å². The van der Waals surface area contributed by atoms with Crippen LogP contribution >= 0.6 is 0 Å². The zero-order valence-corrected chi connectivity index (χ0v) is 10.8. The molecule has 1 atom stereocenters. The molecule has 19 heavy (non-hydrogen) atoms. The molecule has 1 fully saturated rings. The molecule has 100 valence electrons. The van der Waals surface area contributed by atoms with Crippen LogP contribution in [0.15, 0.2) is 33.6 Å². The lowest BCUT2D eigenvalue weighted by Gasteiger charge is -2.17. The summed E-state index contributed by atoms with van der Waals surface area (Å²) in [7, 11) is -3.63. The van der Waals surface area contributed by atoms with E-state index in [4.69, 9.17) is 5.11 Å². The van der Waals surface area contributed by atoms with Crippen LogP contribution < -0.4 is 0 Å². The molecule has 1 saturated heterocycles. The number of hydrogen-bond donors (Lipinski definition) is 1. The minimum atomic E-state index is -3.63. The summed E-state index contributed by atoms with van der Waals surface area (Å²) >= 11 is 0. The normalized spacial score (nSPS) is 24.1. The molecular formula is C12H12N2O4S. The molecule has 1 aromatic carbocycles. The van der Waals surface area contributed by atoms with Gasteiger partial charge < -0.3 is 10.0 Å². The third-order valence-electron chi connectivity index (χ3n) is 3.45. The van der Waals surface area contributed by atoms with Crippen LogP contribution in [0, 0.1) is 5.92 Å². The zero-order chi connectivity index (χ0) is 13.6. The van der Waals surface area contributed by atoms with E-state index in [0.29, 0.717) is 30.9 Å². The molecule has 1 aromatic rings. The van der Waals surface area contributed by atoms with Crippen molar-refractivity contribution in [1.82, 2.24) is 4.90 Å². The molecule has 0 aliphatic carbocycles. The minimum Gasteiger partial charge on any atom is -0.481 e. The lowest BCUT2D eigenvalue weighted by atomic mass is 10.1. The topological polar surface area (TPSA) is 87.0 Å². The van der Waals surface area contributed by atoms with Gasteiger partial charge >= 0.3 is 5.97 Å². The molecule has 0 radical (unpaired) electrons. The summed E-state index contributed by atoms with van der Waals surface area (Å²) in [4.78, 5) is 12.9. The Morgan fingerprint density at radius 3 is 2.79 bits per heavy atom. The summed E-state index contributed by atoms with van der Waals surface area (Å²) in [6.07, 6.45) is 0.510. The van der Waals surface area contributed by atoms with Gasteiger partial charge in [-0.2, -0.15) is 8.42 Å². The molecular weight excluding hydrogens is 268 g/mol. The second kappa shape index (κ2) is 4.06. The highest BCUT2D eigenvalue weighted by atomic mass is 32.2. The van der Waals surface area contributed by atoms with E-state index in [0.717, 1.165) is 0 Å². The number of carboxylic acids is 1. The van der Waals surface area contributed by atoms with Crippen molar-refractivity contribution in [2.45, 2.75) is 11.3 Å². The van der Waals surface area contributed by atoms with E-state index in [9.17, 15) is 13.2 Å². The summed E-state index contributed by atoms with van der Waals surface area (Å²) in [5.41, 5.74) is 0.563. The van der Waals surface area contributed by atoms with Gasteiger partial charge in [-0.05, 0) is 18.6 Å². The molecule has 0 bridgehead atoms. The van der Waals surface area contributed by atoms with Crippen molar-refractivity contribution in [2.24, 2.45) is 10.3 Å². The second-order valence-corrected chi connectivity index (χ2v) is 6.23. The molecule has 2 heterocycles. The lowest BCUT2D eigenvalue weighted by Crippen LogP contribution is -2.29. The maximum Gasteiger partial charge on any atom is 0.308 e. The van der Waals surface area contributed by atoms with Crippen LogP contribution in [0.25, 0.3) is 0 Å². The summed E-state index contributed by atoms with van der Waals surface area (Å²) in [6.45, 7) is 0.817. The number of amidine groups is 1. The summed E-state index contributed by atoms with van der Waals surface area (Å²) in [5, 5.41) is 8.99. The van der Waals surface area contributed by atoms with Crippen LogP contribution in [0.2, 0.25) is 0 Å². The second-order valence-electron chi connectivity index (χ2n) is 4.66. The number of sulfonamides is 1. The highest BCUT2D eigenvalue weighted by Gasteiger charge is 2.36. The number of aliphatic carboxylic acids is 1. The van der Waals surface area contributed by atoms with Gasteiger partial charge in [-0.25, -0.2) is 0 Å². The van der Waals surface area contributed by atoms with Crippen molar-refractivity contribution < 1.29 is 18.3 Å². The largest absolute Gasteiger partial charge is 0.481 e. The van der Waals surface area contributed by atoms with Crippen molar-refractivity contribution in [3.63, 3.8) is 0 Å².